The molecule has 1 unspecified atom stereocenters. The van der Waals surface area contributed by atoms with Gasteiger partial charge in [0.25, 0.3) is 0 Å². The van der Waals surface area contributed by atoms with E-state index in [0.717, 1.165) is 16.9 Å². The summed E-state index contributed by atoms with van der Waals surface area (Å²) in [7, 11) is 2.52. The summed E-state index contributed by atoms with van der Waals surface area (Å²) in [4.78, 5) is 36.1. The number of thiophene rings is 1. The van der Waals surface area contributed by atoms with Gasteiger partial charge in [-0.15, -0.1) is 11.3 Å². The highest BCUT2D eigenvalue weighted by Crippen LogP contribution is 2.23. The SMILES string of the molecule is COC(=O)c1sccc1NC(=O)NC(Cc1ccccc1)C(=O)OC. The molecule has 2 amide bonds. The van der Waals surface area contributed by atoms with Gasteiger partial charge in [-0.3, -0.25) is 0 Å². The van der Waals surface area contributed by atoms with Crippen molar-refractivity contribution in [1.29, 1.82) is 0 Å². The molecule has 1 heterocycles. The fraction of sp³-hybridized carbons (Fsp3) is 0.235. The highest BCUT2D eigenvalue weighted by molar-refractivity contribution is 7.12. The molecule has 1 atom stereocenters. The number of urea groups is 1. The molecule has 1 aromatic carbocycles. The molecule has 2 aromatic rings. The molecule has 0 radical (unpaired) electrons. The molecule has 0 saturated carbocycles. The number of rotatable bonds is 6. The summed E-state index contributed by atoms with van der Waals surface area (Å²) in [6.45, 7) is 0. The lowest BCUT2D eigenvalue weighted by Crippen LogP contribution is -2.45. The van der Waals surface area contributed by atoms with Crippen molar-refractivity contribution in [2.45, 2.75) is 12.5 Å². The van der Waals surface area contributed by atoms with E-state index >= 15 is 0 Å². The van der Waals surface area contributed by atoms with Crippen molar-refractivity contribution in [3.05, 3.63) is 52.2 Å². The van der Waals surface area contributed by atoms with Crippen LogP contribution in [0, 0.1) is 0 Å². The maximum absolute atomic E-state index is 12.2. The van der Waals surface area contributed by atoms with E-state index in [1.807, 2.05) is 30.3 Å². The van der Waals surface area contributed by atoms with Gasteiger partial charge in [0.15, 0.2) is 0 Å². The molecule has 25 heavy (non-hydrogen) atoms. The number of hydrogen-bond donors (Lipinski definition) is 2. The molecule has 0 fully saturated rings. The molecule has 0 bridgehead atoms. The van der Waals surface area contributed by atoms with Crippen molar-refractivity contribution in [3.8, 4) is 0 Å². The Labute approximate surface area is 148 Å². The van der Waals surface area contributed by atoms with Crippen LogP contribution in [0.1, 0.15) is 15.2 Å². The van der Waals surface area contributed by atoms with Crippen LogP contribution in [-0.4, -0.2) is 38.2 Å². The number of methoxy groups -OCH3 is 2. The molecule has 2 rings (SSSR count). The molecule has 1 aromatic heterocycles. The fourth-order valence-electron chi connectivity index (χ4n) is 2.16. The van der Waals surface area contributed by atoms with Crippen LogP contribution in [-0.2, 0) is 20.7 Å². The van der Waals surface area contributed by atoms with Gasteiger partial charge in [0.05, 0.1) is 19.9 Å². The number of nitrogens with one attached hydrogen (secondary N) is 2. The van der Waals surface area contributed by atoms with Crippen LogP contribution < -0.4 is 10.6 Å². The molecule has 0 spiro atoms. The van der Waals surface area contributed by atoms with Gasteiger partial charge in [0.1, 0.15) is 10.9 Å². The summed E-state index contributed by atoms with van der Waals surface area (Å²) in [5.41, 5.74) is 1.20. The first kappa shape index (κ1) is 18.5. The van der Waals surface area contributed by atoms with Gasteiger partial charge in [-0.25, -0.2) is 14.4 Å². The van der Waals surface area contributed by atoms with E-state index in [1.165, 1.54) is 14.2 Å². The highest BCUT2D eigenvalue weighted by Gasteiger charge is 2.23. The lowest BCUT2D eigenvalue weighted by Gasteiger charge is -2.17. The standard InChI is InChI=1S/C17H18N2O5S/c1-23-15(20)13(10-11-6-4-3-5-7-11)19-17(22)18-12-8-9-25-14(12)16(21)24-2/h3-9,13H,10H2,1-2H3,(H2,18,19,22). The van der Waals surface area contributed by atoms with Gasteiger partial charge in [-0.2, -0.15) is 0 Å². The summed E-state index contributed by atoms with van der Waals surface area (Å²) in [5.74, 6) is -1.10. The largest absolute Gasteiger partial charge is 0.467 e. The zero-order valence-electron chi connectivity index (χ0n) is 13.8. The number of ether oxygens (including phenoxy) is 2. The van der Waals surface area contributed by atoms with E-state index < -0.39 is 24.0 Å². The Hall–Kier alpha value is -2.87. The van der Waals surface area contributed by atoms with Gasteiger partial charge in [0, 0.05) is 6.42 Å². The monoisotopic (exact) mass is 362 g/mol. The Balaban J connectivity index is 2.06. The quantitative estimate of drug-likeness (QED) is 0.770. The van der Waals surface area contributed by atoms with Gasteiger partial charge in [-0.1, -0.05) is 30.3 Å². The van der Waals surface area contributed by atoms with Gasteiger partial charge < -0.3 is 20.1 Å². The molecular weight excluding hydrogens is 344 g/mol. The molecule has 0 aliphatic heterocycles. The molecule has 8 heteroatoms. The maximum atomic E-state index is 12.2. The van der Waals surface area contributed by atoms with E-state index in [9.17, 15) is 14.4 Å². The Morgan fingerprint density at radius 1 is 1.08 bits per heavy atom. The lowest BCUT2D eigenvalue weighted by molar-refractivity contribution is -0.142. The number of hydrogen-bond acceptors (Lipinski definition) is 6. The van der Waals surface area contributed by atoms with Crippen molar-refractivity contribution >= 4 is 35.0 Å². The topological polar surface area (TPSA) is 93.7 Å². The lowest BCUT2D eigenvalue weighted by atomic mass is 10.1. The number of esters is 2. The number of carbonyl (C=O) groups excluding carboxylic acids is 3. The Morgan fingerprint density at radius 3 is 2.44 bits per heavy atom. The molecule has 0 aliphatic carbocycles. The number of benzene rings is 1. The highest BCUT2D eigenvalue weighted by atomic mass is 32.1. The van der Waals surface area contributed by atoms with E-state index in [2.05, 4.69) is 15.4 Å². The van der Waals surface area contributed by atoms with Crippen LogP contribution in [0.15, 0.2) is 41.8 Å². The number of anilines is 1. The third-order valence-electron chi connectivity index (χ3n) is 3.36. The summed E-state index contributed by atoms with van der Waals surface area (Å²) in [6.07, 6.45) is 0.286. The van der Waals surface area contributed by atoms with Crippen molar-refractivity contribution in [3.63, 3.8) is 0 Å². The zero-order chi connectivity index (χ0) is 18.2. The molecule has 132 valence electrons. The first-order valence-electron chi connectivity index (χ1n) is 7.40. The van der Waals surface area contributed by atoms with Gasteiger partial charge in [0.2, 0.25) is 0 Å². The molecule has 0 saturated heterocycles. The van der Waals surface area contributed by atoms with E-state index in [1.54, 1.807) is 11.4 Å². The summed E-state index contributed by atoms with van der Waals surface area (Å²) < 4.78 is 9.40. The number of carbonyl (C=O) groups is 3. The summed E-state index contributed by atoms with van der Waals surface area (Å²) >= 11 is 1.15. The van der Waals surface area contributed by atoms with Gasteiger partial charge >= 0.3 is 18.0 Å². The smallest absolute Gasteiger partial charge is 0.350 e. The predicted molar refractivity (Wildman–Crippen MR) is 93.8 cm³/mol. The fourth-order valence-corrected chi connectivity index (χ4v) is 2.93. The van der Waals surface area contributed by atoms with Crippen LogP contribution in [0.25, 0.3) is 0 Å². The first-order valence-corrected chi connectivity index (χ1v) is 8.28. The predicted octanol–water partition coefficient (Wildman–Crippen LogP) is 2.44. The molecular formula is C17H18N2O5S. The van der Waals surface area contributed by atoms with Crippen LogP contribution in [0.3, 0.4) is 0 Å². The average molecular weight is 362 g/mol. The zero-order valence-corrected chi connectivity index (χ0v) is 14.6. The van der Waals surface area contributed by atoms with Crippen LogP contribution >= 0.6 is 11.3 Å². The third kappa shape index (κ3) is 5.05. The van der Waals surface area contributed by atoms with Crippen molar-refractivity contribution in [2.24, 2.45) is 0 Å². The number of amides is 2. The summed E-state index contributed by atoms with van der Waals surface area (Å²) in [5, 5.41) is 6.78. The molecule has 0 aliphatic rings. The second-order valence-electron chi connectivity index (χ2n) is 5.02. The Morgan fingerprint density at radius 2 is 1.80 bits per heavy atom. The van der Waals surface area contributed by atoms with Crippen molar-refractivity contribution in [1.82, 2.24) is 5.32 Å². The second-order valence-corrected chi connectivity index (χ2v) is 5.94. The van der Waals surface area contributed by atoms with Gasteiger partial charge in [-0.05, 0) is 17.0 Å². The minimum absolute atomic E-state index is 0.273. The molecule has 7 nitrogen and oxygen atoms in total. The van der Waals surface area contributed by atoms with Crippen molar-refractivity contribution in [2.75, 3.05) is 19.5 Å². The minimum atomic E-state index is -0.854. The maximum Gasteiger partial charge on any atom is 0.350 e. The van der Waals surface area contributed by atoms with Crippen LogP contribution in [0.4, 0.5) is 10.5 Å². The Kier molecular flexibility index (Phi) is 6.53. The summed E-state index contributed by atoms with van der Waals surface area (Å²) in [6, 6.07) is 9.37. The second kappa shape index (κ2) is 8.84. The normalized spacial score (nSPS) is 11.3. The Bertz CT molecular complexity index is 745. The first-order chi connectivity index (χ1) is 12.0. The van der Waals surface area contributed by atoms with Crippen LogP contribution in [0.2, 0.25) is 0 Å². The van der Waals surface area contributed by atoms with Crippen molar-refractivity contribution < 1.29 is 23.9 Å². The van der Waals surface area contributed by atoms with E-state index in [4.69, 9.17) is 4.74 Å². The minimum Gasteiger partial charge on any atom is -0.467 e. The molecule has 2 N–H and O–H groups in total. The van der Waals surface area contributed by atoms with E-state index in [0.29, 0.717) is 5.69 Å². The van der Waals surface area contributed by atoms with E-state index in [-0.39, 0.29) is 11.3 Å². The third-order valence-corrected chi connectivity index (χ3v) is 4.25. The van der Waals surface area contributed by atoms with Crippen LogP contribution in [0.5, 0.6) is 0 Å². The average Bonchev–Trinajstić information content (AvgIpc) is 3.08.